The number of aliphatic carboxylic acids is 1. The largest absolute Gasteiger partial charge is 0.480 e. The molecule has 20 heavy (non-hydrogen) atoms. The minimum absolute atomic E-state index is 0.0227. The van der Waals surface area contributed by atoms with Crippen LogP contribution in [0.15, 0.2) is 30.3 Å². The Morgan fingerprint density at radius 2 is 2.00 bits per heavy atom. The van der Waals surface area contributed by atoms with Crippen molar-refractivity contribution in [2.24, 2.45) is 0 Å². The number of likely N-dealkylation sites (N-methyl/N-ethyl adjacent to an activating group) is 1. The molecule has 1 aromatic carbocycles. The van der Waals surface area contributed by atoms with E-state index >= 15 is 0 Å². The highest BCUT2D eigenvalue weighted by molar-refractivity contribution is 6.07. The second-order valence-corrected chi connectivity index (χ2v) is 4.55. The zero-order valence-corrected chi connectivity index (χ0v) is 11.2. The Balaban J connectivity index is 2.31. The van der Waals surface area contributed by atoms with Gasteiger partial charge in [0.05, 0.1) is 6.42 Å². The summed E-state index contributed by atoms with van der Waals surface area (Å²) in [7, 11) is 0. The van der Waals surface area contributed by atoms with E-state index in [1.54, 1.807) is 31.2 Å². The molecular formula is C14H16N2O4. The first-order valence-electron chi connectivity index (χ1n) is 6.42. The molecule has 0 spiro atoms. The fraction of sp³-hybridized carbons (Fsp3) is 0.357. The van der Waals surface area contributed by atoms with Gasteiger partial charge in [0.2, 0.25) is 5.91 Å². The number of carbonyl (C=O) groups is 3. The lowest BCUT2D eigenvalue weighted by Crippen LogP contribution is -2.44. The summed E-state index contributed by atoms with van der Waals surface area (Å²) >= 11 is 0. The van der Waals surface area contributed by atoms with E-state index in [2.05, 4.69) is 0 Å². The Labute approximate surface area is 116 Å². The smallest absolute Gasteiger partial charge is 0.323 e. The average Bonchev–Trinajstić information content (AvgIpc) is 2.71. The van der Waals surface area contributed by atoms with Crippen LogP contribution in [0.2, 0.25) is 0 Å². The molecule has 2 rings (SSSR count). The van der Waals surface area contributed by atoms with Crippen LogP contribution in [-0.2, 0) is 14.4 Å². The van der Waals surface area contributed by atoms with Crippen molar-refractivity contribution in [2.75, 3.05) is 18.0 Å². The molecule has 1 aliphatic rings. The summed E-state index contributed by atoms with van der Waals surface area (Å²) in [6.45, 7) is 1.72. The van der Waals surface area contributed by atoms with E-state index in [-0.39, 0.29) is 24.8 Å². The maximum Gasteiger partial charge on any atom is 0.323 e. The van der Waals surface area contributed by atoms with E-state index in [1.165, 1.54) is 9.80 Å². The van der Waals surface area contributed by atoms with E-state index in [0.717, 1.165) is 0 Å². The number of likely N-dealkylation sites (tertiary alicyclic amines) is 1. The maximum absolute atomic E-state index is 12.2. The maximum atomic E-state index is 12.2. The highest BCUT2D eigenvalue weighted by atomic mass is 16.4. The number of hydrogen-bond acceptors (Lipinski definition) is 4. The van der Waals surface area contributed by atoms with Gasteiger partial charge >= 0.3 is 5.97 Å². The lowest BCUT2D eigenvalue weighted by Gasteiger charge is -2.27. The molecule has 106 valence electrons. The molecule has 6 heteroatoms. The summed E-state index contributed by atoms with van der Waals surface area (Å²) < 4.78 is 0. The van der Waals surface area contributed by atoms with E-state index in [4.69, 9.17) is 5.11 Å². The Morgan fingerprint density at radius 3 is 2.50 bits per heavy atom. The van der Waals surface area contributed by atoms with Crippen molar-refractivity contribution in [3.05, 3.63) is 30.3 Å². The first kappa shape index (κ1) is 14.0. The van der Waals surface area contributed by atoms with Gasteiger partial charge in [-0.25, -0.2) is 0 Å². The zero-order valence-electron chi connectivity index (χ0n) is 11.2. The van der Waals surface area contributed by atoms with Crippen molar-refractivity contribution in [3.8, 4) is 0 Å². The predicted molar refractivity (Wildman–Crippen MR) is 72.2 cm³/mol. The Kier molecular flexibility index (Phi) is 4.02. The Bertz CT molecular complexity index is 529. The van der Waals surface area contributed by atoms with Gasteiger partial charge in [-0.15, -0.1) is 0 Å². The third-order valence-corrected chi connectivity index (χ3v) is 3.31. The summed E-state index contributed by atoms with van der Waals surface area (Å²) in [5.41, 5.74) is 0.624. The van der Waals surface area contributed by atoms with Crippen molar-refractivity contribution in [1.29, 1.82) is 0 Å². The van der Waals surface area contributed by atoms with Gasteiger partial charge < -0.3 is 10.0 Å². The van der Waals surface area contributed by atoms with Crippen molar-refractivity contribution >= 4 is 23.5 Å². The number of para-hydroxylation sites is 1. The van der Waals surface area contributed by atoms with Crippen molar-refractivity contribution < 1.29 is 19.5 Å². The minimum atomic E-state index is -1.04. The zero-order chi connectivity index (χ0) is 14.7. The number of benzene rings is 1. The molecule has 1 N–H and O–H groups in total. The van der Waals surface area contributed by atoms with Crippen LogP contribution in [0, 0.1) is 0 Å². The van der Waals surface area contributed by atoms with Crippen LogP contribution in [0.25, 0.3) is 0 Å². The molecule has 0 bridgehead atoms. The second kappa shape index (κ2) is 5.73. The molecule has 1 aliphatic heterocycles. The number of anilines is 1. The summed E-state index contributed by atoms with van der Waals surface area (Å²) in [5.74, 6) is -1.62. The van der Waals surface area contributed by atoms with E-state index in [1.807, 2.05) is 6.07 Å². The van der Waals surface area contributed by atoms with E-state index < -0.39 is 12.0 Å². The molecule has 1 heterocycles. The normalized spacial score (nSPS) is 18.4. The predicted octanol–water partition coefficient (Wildman–Crippen LogP) is 0.725. The van der Waals surface area contributed by atoms with Crippen LogP contribution in [0.3, 0.4) is 0 Å². The molecule has 1 atom stereocenters. The van der Waals surface area contributed by atoms with Crippen LogP contribution in [-0.4, -0.2) is 46.9 Å². The van der Waals surface area contributed by atoms with E-state index in [0.29, 0.717) is 12.2 Å². The number of rotatable bonds is 5. The van der Waals surface area contributed by atoms with E-state index in [9.17, 15) is 14.4 Å². The number of amides is 2. The number of hydrogen-bond donors (Lipinski definition) is 1. The van der Waals surface area contributed by atoms with Gasteiger partial charge in [0.1, 0.15) is 12.6 Å². The van der Waals surface area contributed by atoms with Gasteiger partial charge in [0.25, 0.3) is 5.91 Å². The number of imide groups is 1. The van der Waals surface area contributed by atoms with Gasteiger partial charge in [-0.1, -0.05) is 18.2 Å². The SMILES string of the molecule is CCN1C(=O)CC(N(CC(=O)O)c2ccccc2)C1=O. The summed E-state index contributed by atoms with van der Waals surface area (Å²) in [4.78, 5) is 37.7. The Hall–Kier alpha value is -2.37. The van der Waals surface area contributed by atoms with Crippen LogP contribution in [0.5, 0.6) is 0 Å². The number of carboxylic acids is 1. The lowest BCUT2D eigenvalue weighted by atomic mass is 10.1. The fourth-order valence-corrected chi connectivity index (χ4v) is 2.39. The van der Waals surface area contributed by atoms with Crippen molar-refractivity contribution in [2.45, 2.75) is 19.4 Å². The third-order valence-electron chi connectivity index (χ3n) is 3.31. The van der Waals surface area contributed by atoms with Crippen LogP contribution < -0.4 is 4.90 Å². The molecule has 0 radical (unpaired) electrons. The molecule has 1 fully saturated rings. The van der Waals surface area contributed by atoms with Crippen molar-refractivity contribution in [1.82, 2.24) is 4.90 Å². The first-order valence-corrected chi connectivity index (χ1v) is 6.42. The summed E-state index contributed by atoms with van der Waals surface area (Å²) in [6.07, 6.45) is 0.0227. The monoisotopic (exact) mass is 276 g/mol. The molecule has 0 saturated carbocycles. The topological polar surface area (TPSA) is 77.9 Å². The molecular weight excluding hydrogens is 260 g/mol. The quantitative estimate of drug-likeness (QED) is 0.802. The molecule has 1 saturated heterocycles. The summed E-state index contributed by atoms with van der Waals surface area (Å²) in [6, 6.07) is 8.07. The van der Waals surface area contributed by atoms with Gasteiger partial charge in [-0.2, -0.15) is 0 Å². The second-order valence-electron chi connectivity index (χ2n) is 4.55. The van der Waals surface area contributed by atoms with Crippen molar-refractivity contribution in [3.63, 3.8) is 0 Å². The average molecular weight is 276 g/mol. The van der Waals surface area contributed by atoms with Gasteiger partial charge in [0.15, 0.2) is 0 Å². The Morgan fingerprint density at radius 1 is 1.35 bits per heavy atom. The lowest BCUT2D eigenvalue weighted by molar-refractivity contribution is -0.138. The van der Waals surface area contributed by atoms with Crippen LogP contribution >= 0.6 is 0 Å². The fourth-order valence-electron chi connectivity index (χ4n) is 2.39. The number of carboxylic acid groups (broad SMARTS) is 1. The standard InChI is InChI=1S/C14H16N2O4/c1-2-15-12(17)8-11(14(15)20)16(9-13(18)19)10-6-4-3-5-7-10/h3-7,11H,2,8-9H2,1H3,(H,18,19). The molecule has 0 aliphatic carbocycles. The van der Waals surface area contributed by atoms with Gasteiger partial charge in [0, 0.05) is 12.2 Å². The summed E-state index contributed by atoms with van der Waals surface area (Å²) in [5, 5.41) is 9.03. The molecule has 0 aromatic heterocycles. The molecule has 6 nitrogen and oxygen atoms in total. The van der Waals surface area contributed by atoms with Crippen LogP contribution in [0.1, 0.15) is 13.3 Å². The number of carbonyl (C=O) groups excluding carboxylic acids is 2. The first-order chi connectivity index (χ1) is 9.54. The highest BCUT2D eigenvalue weighted by Crippen LogP contribution is 2.24. The molecule has 1 unspecified atom stereocenters. The molecule has 2 amide bonds. The highest BCUT2D eigenvalue weighted by Gasteiger charge is 2.41. The van der Waals surface area contributed by atoms with Gasteiger partial charge in [-0.3, -0.25) is 19.3 Å². The minimum Gasteiger partial charge on any atom is -0.480 e. The molecule has 1 aromatic rings. The van der Waals surface area contributed by atoms with Gasteiger partial charge in [-0.05, 0) is 19.1 Å². The third kappa shape index (κ3) is 2.64. The van der Waals surface area contributed by atoms with Crippen LogP contribution in [0.4, 0.5) is 5.69 Å². The number of nitrogens with zero attached hydrogens (tertiary/aromatic N) is 2.